The van der Waals surface area contributed by atoms with E-state index < -0.39 is 0 Å². The Balaban J connectivity index is 2.12. The summed E-state index contributed by atoms with van der Waals surface area (Å²) in [6, 6.07) is 15.0. The first kappa shape index (κ1) is 13.6. The van der Waals surface area contributed by atoms with Crippen LogP contribution in [0.2, 0.25) is 0 Å². The van der Waals surface area contributed by atoms with E-state index >= 15 is 0 Å². The number of nitrogens with two attached hydrogens (primary N) is 1. The molecule has 3 nitrogen and oxygen atoms in total. The van der Waals surface area contributed by atoms with Gasteiger partial charge in [0, 0.05) is 18.5 Å². The lowest BCUT2D eigenvalue weighted by Gasteiger charge is -2.19. The summed E-state index contributed by atoms with van der Waals surface area (Å²) in [5.74, 6) is -0.272. The Morgan fingerprint density at radius 3 is 2.53 bits per heavy atom. The number of hydrogen-bond acceptors (Lipinski definition) is 2. The fraction of sp³-hybridized carbons (Fsp3) is 0.312. The van der Waals surface area contributed by atoms with Gasteiger partial charge in [0.1, 0.15) is 0 Å². The van der Waals surface area contributed by atoms with Crippen molar-refractivity contribution in [2.75, 3.05) is 0 Å². The van der Waals surface area contributed by atoms with Crippen LogP contribution in [0.25, 0.3) is 10.8 Å². The van der Waals surface area contributed by atoms with Gasteiger partial charge in [-0.1, -0.05) is 36.4 Å². The summed E-state index contributed by atoms with van der Waals surface area (Å²) < 4.78 is 0. The van der Waals surface area contributed by atoms with Crippen LogP contribution >= 0.6 is 0 Å². The number of benzene rings is 2. The molecule has 2 aromatic rings. The van der Waals surface area contributed by atoms with Crippen LogP contribution in [-0.2, 0) is 4.79 Å². The maximum atomic E-state index is 10.9. The lowest BCUT2D eigenvalue weighted by atomic mass is 10.0. The molecule has 0 saturated carbocycles. The van der Waals surface area contributed by atoms with Crippen LogP contribution in [0.15, 0.2) is 42.5 Å². The molecular formula is C16H20N2O. The first-order valence-corrected chi connectivity index (χ1v) is 6.59. The molecule has 0 heterocycles. The fourth-order valence-corrected chi connectivity index (χ4v) is 2.36. The standard InChI is InChI=1S/C16H20N2O/c1-11(9-16(17)19)18-12(2)14-8-7-13-5-3-4-6-15(13)10-14/h3-8,10-12,18H,9H2,1-2H3,(H2,17,19). The highest BCUT2D eigenvalue weighted by Gasteiger charge is 2.11. The highest BCUT2D eigenvalue weighted by Crippen LogP contribution is 2.20. The Morgan fingerprint density at radius 1 is 1.16 bits per heavy atom. The molecule has 0 aliphatic carbocycles. The van der Waals surface area contributed by atoms with Crippen molar-refractivity contribution < 1.29 is 4.79 Å². The zero-order valence-corrected chi connectivity index (χ0v) is 11.4. The molecule has 0 radical (unpaired) electrons. The van der Waals surface area contributed by atoms with Crippen LogP contribution in [0.1, 0.15) is 31.9 Å². The van der Waals surface area contributed by atoms with Gasteiger partial charge in [-0.25, -0.2) is 0 Å². The van der Waals surface area contributed by atoms with Gasteiger partial charge in [0.2, 0.25) is 5.91 Å². The van der Waals surface area contributed by atoms with Crippen LogP contribution < -0.4 is 11.1 Å². The molecule has 2 aromatic carbocycles. The summed E-state index contributed by atoms with van der Waals surface area (Å²) in [5, 5.41) is 5.86. The minimum absolute atomic E-state index is 0.0824. The number of rotatable bonds is 5. The first-order valence-electron chi connectivity index (χ1n) is 6.59. The second-order valence-electron chi connectivity index (χ2n) is 5.07. The Bertz CT molecular complexity index is 580. The van der Waals surface area contributed by atoms with Crippen molar-refractivity contribution in [3.05, 3.63) is 48.0 Å². The van der Waals surface area contributed by atoms with Gasteiger partial charge in [-0.2, -0.15) is 0 Å². The van der Waals surface area contributed by atoms with E-state index in [4.69, 9.17) is 5.73 Å². The number of fused-ring (bicyclic) bond motifs is 1. The number of primary amides is 1. The lowest BCUT2D eigenvalue weighted by molar-refractivity contribution is -0.118. The molecule has 1 amide bonds. The number of hydrogen-bond donors (Lipinski definition) is 2. The van der Waals surface area contributed by atoms with Crippen molar-refractivity contribution in [1.82, 2.24) is 5.32 Å². The summed E-state index contributed by atoms with van der Waals surface area (Å²) in [7, 11) is 0. The Kier molecular flexibility index (Phi) is 4.17. The predicted octanol–water partition coefficient (Wildman–Crippen LogP) is 2.75. The van der Waals surface area contributed by atoms with E-state index in [2.05, 4.69) is 42.6 Å². The van der Waals surface area contributed by atoms with E-state index in [-0.39, 0.29) is 18.0 Å². The van der Waals surface area contributed by atoms with Crippen LogP contribution in [0.3, 0.4) is 0 Å². The zero-order chi connectivity index (χ0) is 13.8. The Hall–Kier alpha value is -1.87. The van der Waals surface area contributed by atoms with E-state index in [9.17, 15) is 4.79 Å². The third-order valence-electron chi connectivity index (χ3n) is 3.32. The first-order chi connectivity index (χ1) is 9.06. The van der Waals surface area contributed by atoms with Crippen LogP contribution in [0, 0.1) is 0 Å². The molecule has 0 aliphatic rings. The molecule has 19 heavy (non-hydrogen) atoms. The van der Waals surface area contributed by atoms with Gasteiger partial charge in [0.15, 0.2) is 0 Å². The monoisotopic (exact) mass is 256 g/mol. The van der Waals surface area contributed by atoms with Crippen molar-refractivity contribution in [2.24, 2.45) is 5.73 Å². The molecule has 0 aliphatic heterocycles. The second-order valence-corrected chi connectivity index (χ2v) is 5.07. The number of carbonyl (C=O) groups is 1. The quantitative estimate of drug-likeness (QED) is 0.864. The molecule has 0 saturated heterocycles. The van der Waals surface area contributed by atoms with Crippen molar-refractivity contribution in [3.8, 4) is 0 Å². The van der Waals surface area contributed by atoms with Gasteiger partial charge in [0.05, 0.1) is 0 Å². The van der Waals surface area contributed by atoms with Gasteiger partial charge in [0.25, 0.3) is 0 Å². The molecule has 2 unspecified atom stereocenters. The minimum atomic E-state index is -0.272. The van der Waals surface area contributed by atoms with Gasteiger partial charge < -0.3 is 11.1 Å². The fourth-order valence-electron chi connectivity index (χ4n) is 2.36. The molecule has 3 N–H and O–H groups in total. The molecule has 0 bridgehead atoms. The third-order valence-corrected chi connectivity index (χ3v) is 3.32. The average Bonchev–Trinajstić information content (AvgIpc) is 2.37. The highest BCUT2D eigenvalue weighted by molar-refractivity contribution is 5.83. The van der Waals surface area contributed by atoms with Gasteiger partial charge in [-0.05, 0) is 36.2 Å². The van der Waals surface area contributed by atoms with E-state index in [1.807, 2.05) is 19.1 Å². The number of amides is 1. The minimum Gasteiger partial charge on any atom is -0.370 e. The van der Waals surface area contributed by atoms with Gasteiger partial charge in [-0.3, -0.25) is 4.79 Å². The van der Waals surface area contributed by atoms with Crippen molar-refractivity contribution >= 4 is 16.7 Å². The molecular weight excluding hydrogens is 236 g/mol. The summed E-state index contributed by atoms with van der Waals surface area (Å²) in [5.41, 5.74) is 6.42. The van der Waals surface area contributed by atoms with Crippen LogP contribution in [0.5, 0.6) is 0 Å². The van der Waals surface area contributed by atoms with E-state index in [1.165, 1.54) is 16.3 Å². The summed E-state index contributed by atoms with van der Waals surface area (Å²) in [4.78, 5) is 10.9. The molecule has 0 aromatic heterocycles. The Morgan fingerprint density at radius 2 is 1.84 bits per heavy atom. The smallest absolute Gasteiger partial charge is 0.218 e. The molecule has 2 rings (SSSR count). The van der Waals surface area contributed by atoms with E-state index in [1.54, 1.807) is 0 Å². The molecule has 100 valence electrons. The molecule has 2 atom stereocenters. The second kappa shape index (κ2) is 5.85. The van der Waals surface area contributed by atoms with Crippen LogP contribution in [-0.4, -0.2) is 11.9 Å². The van der Waals surface area contributed by atoms with Crippen molar-refractivity contribution in [2.45, 2.75) is 32.4 Å². The van der Waals surface area contributed by atoms with Crippen LogP contribution in [0.4, 0.5) is 0 Å². The Labute approximate surface area is 113 Å². The SMILES string of the molecule is CC(CC(N)=O)NC(C)c1ccc2ccccc2c1. The summed E-state index contributed by atoms with van der Waals surface area (Å²) >= 11 is 0. The van der Waals surface area contributed by atoms with Gasteiger partial charge in [-0.15, -0.1) is 0 Å². The normalized spacial score (nSPS) is 14.2. The maximum Gasteiger partial charge on any atom is 0.218 e. The largest absolute Gasteiger partial charge is 0.370 e. The van der Waals surface area contributed by atoms with E-state index in [0.717, 1.165) is 0 Å². The number of nitrogens with one attached hydrogen (secondary N) is 1. The topological polar surface area (TPSA) is 55.1 Å². The average molecular weight is 256 g/mol. The molecule has 0 spiro atoms. The van der Waals surface area contributed by atoms with E-state index in [0.29, 0.717) is 6.42 Å². The third kappa shape index (κ3) is 3.55. The van der Waals surface area contributed by atoms with Gasteiger partial charge >= 0.3 is 0 Å². The van der Waals surface area contributed by atoms with Crippen molar-refractivity contribution in [3.63, 3.8) is 0 Å². The molecule has 3 heteroatoms. The maximum absolute atomic E-state index is 10.9. The lowest BCUT2D eigenvalue weighted by Crippen LogP contribution is -2.32. The number of carbonyl (C=O) groups excluding carboxylic acids is 1. The summed E-state index contributed by atoms with van der Waals surface area (Å²) in [6.45, 7) is 4.07. The summed E-state index contributed by atoms with van der Waals surface area (Å²) in [6.07, 6.45) is 0.359. The predicted molar refractivity (Wildman–Crippen MR) is 78.8 cm³/mol. The molecule has 0 fully saturated rings. The highest BCUT2D eigenvalue weighted by atomic mass is 16.1. The van der Waals surface area contributed by atoms with Crippen molar-refractivity contribution in [1.29, 1.82) is 0 Å². The zero-order valence-electron chi connectivity index (χ0n) is 11.4.